The molecule has 2 heterocycles. The smallest absolute Gasteiger partial charge is 0.269 e. The number of amides is 2. The van der Waals surface area contributed by atoms with Gasteiger partial charge in [0.1, 0.15) is 0 Å². The van der Waals surface area contributed by atoms with Gasteiger partial charge in [0.25, 0.3) is 5.91 Å². The highest BCUT2D eigenvalue weighted by atomic mass is 79.9. The summed E-state index contributed by atoms with van der Waals surface area (Å²) in [6, 6.07) is 3.17. The monoisotopic (exact) mass is 326 g/mol. The summed E-state index contributed by atoms with van der Waals surface area (Å²) in [6.45, 7) is 0.784. The number of nitrogens with one attached hydrogen (secondary N) is 3. The number of piperidine rings is 1. The number of hydrogen-bond donors (Lipinski definition) is 3. The lowest BCUT2D eigenvalue weighted by atomic mass is 9.97. The predicted octanol–water partition coefficient (Wildman–Crippen LogP) is 0.563. The number of pyridine rings is 1. The van der Waals surface area contributed by atoms with Crippen LogP contribution in [-0.4, -0.2) is 28.3 Å². The molecule has 1 fully saturated rings. The Bertz CT molecular complexity index is 454. The lowest BCUT2D eigenvalue weighted by Crippen LogP contribution is -2.47. The average molecular weight is 327 g/mol. The maximum atomic E-state index is 11.9. The highest BCUT2D eigenvalue weighted by Gasteiger charge is 2.25. The molecule has 2 rings (SSSR count). The van der Waals surface area contributed by atoms with Crippen molar-refractivity contribution in [2.24, 2.45) is 5.92 Å². The van der Waals surface area contributed by atoms with E-state index in [9.17, 15) is 9.59 Å². The summed E-state index contributed by atoms with van der Waals surface area (Å²) in [7, 11) is 0. The molecular weight excluding hydrogens is 312 g/mol. The van der Waals surface area contributed by atoms with Gasteiger partial charge in [-0.05, 0) is 31.5 Å². The number of nitrogens with zero attached hydrogens (tertiary/aromatic N) is 1. The maximum absolute atomic E-state index is 11.9. The molecule has 2 atom stereocenters. The zero-order valence-electron chi connectivity index (χ0n) is 10.2. The number of alkyl halides is 1. The molecule has 3 N–H and O–H groups in total. The molecule has 0 radical (unpaired) electrons. The summed E-state index contributed by atoms with van der Waals surface area (Å²) in [5.41, 5.74) is 5.33. The van der Waals surface area contributed by atoms with Crippen molar-refractivity contribution in [3.05, 3.63) is 30.1 Å². The fourth-order valence-electron chi connectivity index (χ4n) is 1.90. The average Bonchev–Trinajstić information content (AvgIpc) is 2.45. The van der Waals surface area contributed by atoms with Crippen molar-refractivity contribution in [2.45, 2.75) is 17.8 Å². The molecule has 1 aliphatic rings. The Kier molecular flexibility index (Phi) is 4.86. The van der Waals surface area contributed by atoms with E-state index in [2.05, 4.69) is 37.1 Å². The van der Waals surface area contributed by atoms with Gasteiger partial charge in [0, 0.05) is 23.9 Å². The molecule has 102 valence electrons. The Morgan fingerprint density at radius 1 is 1.32 bits per heavy atom. The number of hydrazine groups is 1. The number of halogens is 1. The van der Waals surface area contributed by atoms with Gasteiger partial charge in [0.15, 0.2) is 0 Å². The van der Waals surface area contributed by atoms with E-state index in [1.165, 1.54) is 12.4 Å². The molecule has 7 heteroatoms. The third-order valence-electron chi connectivity index (χ3n) is 2.96. The molecule has 1 aromatic rings. The first kappa shape index (κ1) is 14.0. The van der Waals surface area contributed by atoms with Gasteiger partial charge in [0.2, 0.25) is 5.91 Å². The highest BCUT2D eigenvalue weighted by Crippen LogP contribution is 2.19. The molecule has 0 spiro atoms. The molecular formula is C12H15BrN4O2. The van der Waals surface area contributed by atoms with Gasteiger partial charge >= 0.3 is 0 Å². The molecule has 1 aliphatic heterocycles. The van der Waals surface area contributed by atoms with Crippen LogP contribution in [0.4, 0.5) is 0 Å². The van der Waals surface area contributed by atoms with E-state index in [-0.39, 0.29) is 22.7 Å². The van der Waals surface area contributed by atoms with Crippen LogP contribution in [0.15, 0.2) is 24.5 Å². The molecule has 2 amide bonds. The van der Waals surface area contributed by atoms with Crippen molar-refractivity contribution in [1.29, 1.82) is 0 Å². The third kappa shape index (κ3) is 4.00. The first-order valence-electron chi connectivity index (χ1n) is 6.04. The topological polar surface area (TPSA) is 83.1 Å². The summed E-state index contributed by atoms with van der Waals surface area (Å²) >= 11 is 3.43. The molecule has 0 bridgehead atoms. The fraction of sp³-hybridized carbons (Fsp3) is 0.417. The lowest BCUT2D eigenvalue weighted by molar-refractivity contribution is -0.126. The van der Waals surface area contributed by atoms with Gasteiger partial charge in [-0.1, -0.05) is 15.9 Å². The van der Waals surface area contributed by atoms with E-state index >= 15 is 0 Å². The van der Waals surface area contributed by atoms with E-state index < -0.39 is 0 Å². The van der Waals surface area contributed by atoms with Crippen LogP contribution in [0.5, 0.6) is 0 Å². The van der Waals surface area contributed by atoms with Crippen molar-refractivity contribution in [3.63, 3.8) is 0 Å². The first-order valence-corrected chi connectivity index (χ1v) is 6.96. The van der Waals surface area contributed by atoms with Crippen molar-refractivity contribution in [1.82, 2.24) is 21.2 Å². The molecule has 0 aromatic carbocycles. The van der Waals surface area contributed by atoms with E-state index in [1.54, 1.807) is 12.1 Å². The summed E-state index contributed by atoms with van der Waals surface area (Å²) in [6.07, 6.45) is 4.52. The van der Waals surface area contributed by atoms with Gasteiger partial charge in [-0.15, -0.1) is 0 Å². The third-order valence-corrected chi connectivity index (χ3v) is 3.66. The van der Waals surface area contributed by atoms with Gasteiger partial charge in [0.05, 0.1) is 4.95 Å². The van der Waals surface area contributed by atoms with E-state index in [0.717, 1.165) is 13.0 Å². The first-order chi connectivity index (χ1) is 9.16. The Labute approximate surface area is 119 Å². The molecule has 19 heavy (non-hydrogen) atoms. The zero-order chi connectivity index (χ0) is 13.7. The van der Waals surface area contributed by atoms with Crippen LogP contribution < -0.4 is 16.2 Å². The number of carbonyl (C=O) groups excluding carboxylic acids is 2. The van der Waals surface area contributed by atoms with Crippen LogP contribution in [0.2, 0.25) is 0 Å². The standard InChI is InChI=1S/C12H15BrN4O2/c13-10-7-9(3-6-15-10)12(19)17-16-11(18)8-1-4-14-5-2-8/h1-2,4-5,9-10,15H,3,6-7H2,(H,16,18)(H,17,19). The van der Waals surface area contributed by atoms with E-state index in [1.807, 2.05) is 0 Å². The largest absolute Gasteiger partial charge is 0.305 e. The minimum absolute atomic E-state index is 0.0941. The number of carbonyl (C=O) groups is 2. The van der Waals surface area contributed by atoms with Crippen molar-refractivity contribution < 1.29 is 9.59 Å². The Hall–Kier alpha value is -1.47. The fourth-order valence-corrected chi connectivity index (χ4v) is 2.58. The number of rotatable bonds is 2. The van der Waals surface area contributed by atoms with Crippen LogP contribution >= 0.6 is 15.9 Å². The summed E-state index contributed by atoms with van der Waals surface area (Å²) in [5, 5.41) is 3.20. The molecule has 1 saturated heterocycles. The summed E-state index contributed by atoms with van der Waals surface area (Å²) < 4.78 is 0. The Balaban J connectivity index is 1.82. The molecule has 0 saturated carbocycles. The van der Waals surface area contributed by atoms with Crippen molar-refractivity contribution in [3.8, 4) is 0 Å². The van der Waals surface area contributed by atoms with E-state index in [4.69, 9.17) is 0 Å². The van der Waals surface area contributed by atoms with Crippen molar-refractivity contribution >= 4 is 27.7 Å². The second kappa shape index (κ2) is 6.63. The second-order valence-corrected chi connectivity index (χ2v) is 5.43. The summed E-state index contributed by atoms with van der Waals surface area (Å²) in [4.78, 5) is 27.6. The summed E-state index contributed by atoms with van der Waals surface area (Å²) in [5.74, 6) is -0.600. The van der Waals surface area contributed by atoms with Crippen LogP contribution in [0.25, 0.3) is 0 Å². The minimum Gasteiger partial charge on any atom is -0.305 e. The Morgan fingerprint density at radius 3 is 2.74 bits per heavy atom. The van der Waals surface area contributed by atoms with Crippen LogP contribution in [-0.2, 0) is 4.79 Å². The van der Waals surface area contributed by atoms with Crippen LogP contribution in [0.3, 0.4) is 0 Å². The van der Waals surface area contributed by atoms with Gasteiger partial charge in [-0.25, -0.2) is 0 Å². The molecule has 2 unspecified atom stereocenters. The van der Waals surface area contributed by atoms with Gasteiger partial charge in [-0.3, -0.25) is 25.4 Å². The number of aromatic nitrogens is 1. The molecule has 1 aromatic heterocycles. The Morgan fingerprint density at radius 2 is 2.05 bits per heavy atom. The molecule has 6 nitrogen and oxygen atoms in total. The lowest BCUT2D eigenvalue weighted by Gasteiger charge is -2.25. The van der Waals surface area contributed by atoms with Gasteiger partial charge in [-0.2, -0.15) is 0 Å². The highest BCUT2D eigenvalue weighted by molar-refractivity contribution is 9.09. The van der Waals surface area contributed by atoms with Gasteiger partial charge < -0.3 is 5.32 Å². The number of hydrogen-bond acceptors (Lipinski definition) is 4. The van der Waals surface area contributed by atoms with E-state index in [0.29, 0.717) is 12.0 Å². The van der Waals surface area contributed by atoms with Crippen LogP contribution in [0.1, 0.15) is 23.2 Å². The molecule has 0 aliphatic carbocycles. The van der Waals surface area contributed by atoms with Crippen molar-refractivity contribution in [2.75, 3.05) is 6.54 Å². The SMILES string of the molecule is O=C(NNC(=O)C1CCNC(Br)C1)c1ccncc1. The quantitative estimate of drug-likeness (QED) is 0.421. The zero-order valence-corrected chi connectivity index (χ0v) is 11.8. The van der Waals surface area contributed by atoms with Crippen LogP contribution in [0, 0.1) is 5.92 Å². The normalized spacial score (nSPS) is 22.6. The second-order valence-electron chi connectivity index (χ2n) is 4.32. The minimum atomic E-state index is -0.347. The maximum Gasteiger partial charge on any atom is 0.269 e. The predicted molar refractivity (Wildman–Crippen MR) is 73.3 cm³/mol.